The summed E-state index contributed by atoms with van der Waals surface area (Å²) < 4.78 is 7.32. The molecule has 4 aromatic rings. The highest BCUT2D eigenvalue weighted by molar-refractivity contribution is 6.22. The molecule has 2 aromatic heterocycles. The number of nitrogens with zero attached hydrogens (tertiary/aromatic N) is 4. The Balaban J connectivity index is 1.09. The first-order valence-electron chi connectivity index (χ1n) is 14.9. The molecule has 222 valence electrons. The van der Waals surface area contributed by atoms with E-state index in [2.05, 4.69) is 22.2 Å². The molecule has 1 atom stereocenters. The number of carbonyl (C=O) groups is 2. The molecule has 2 aliphatic heterocycles. The number of hydrogen-bond acceptors (Lipinski definition) is 7. The zero-order valence-corrected chi connectivity index (χ0v) is 24.5. The number of aromatic nitrogens is 3. The third kappa shape index (κ3) is 5.10. The van der Waals surface area contributed by atoms with Crippen molar-refractivity contribution in [2.75, 3.05) is 33.8 Å². The lowest BCUT2D eigenvalue weighted by Gasteiger charge is -2.34. The summed E-state index contributed by atoms with van der Waals surface area (Å²) in [4.78, 5) is 38.9. The molecule has 3 aliphatic rings. The monoisotopic (exact) mass is 580 g/mol. The Morgan fingerprint density at radius 3 is 2.81 bits per heavy atom. The lowest BCUT2D eigenvalue weighted by atomic mass is 10.00. The Morgan fingerprint density at radius 2 is 2.00 bits per heavy atom. The van der Waals surface area contributed by atoms with E-state index in [9.17, 15) is 14.7 Å². The Hall–Kier alpha value is -4.41. The number of amides is 1. The summed E-state index contributed by atoms with van der Waals surface area (Å²) >= 11 is 0. The van der Waals surface area contributed by atoms with Gasteiger partial charge in [-0.1, -0.05) is 6.08 Å². The third-order valence-corrected chi connectivity index (χ3v) is 8.95. The molecule has 1 amide bonds. The van der Waals surface area contributed by atoms with E-state index in [1.54, 1.807) is 7.11 Å². The quantitative estimate of drug-likeness (QED) is 0.292. The van der Waals surface area contributed by atoms with Crippen LogP contribution < -0.4 is 10.1 Å². The second kappa shape index (κ2) is 11.0. The van der Waals surface area contributed by atoms with Gasteiger partial charge in [-0.25, -0.2) is 4.98 Å². The molecule has 0 bridgehead atoms. The first kappa shape index (κ1) is 27.4. The number of methoxy groups -OCH3 is 1. The van der Waals surface area contributed by atoms with Crippen LogP contribution in [-0.2, 0) is 17.9 Å². The number of aliphatic hydroxyl groups excluding tert-OH is 1. The van der Waals surface area contributed by atoms with Crippen molar-refractivity contribution in [1.29, 1.82) is 0 Å². The van der Waals surface area contributed by atoms with Crippen molar-refractivity contribution in [1.82, 2.24) is 29.7 Å². The van der Waals surface area contributed by atoms with E-state index in [1.807, 2.05) is 64.2 Å². The number of allylic oxidation sites excluding steroid dienone is 3. The number of carbonyl (C=O) groups excluding carboxylic acids is 2. The number of ketones is 1. The van der Waals surface area contributed by atoms with E-state index in [0.717, 1.165) is 53.7 Å². The molecule has 1 fully saturated rings. The van der Waals surface area contributed by atoms with Crippen LogP contribution in [0.15, 0.2) is 60.4 Å². The van der Waals surface area contributed by atoms with Gasteiger partial charge < -0.3 is 34.5 Å². The zero-order chi connectivity index (χ0) is 29.7. The first-order chi connectivity index (χ1) is 20.9. The fourth-order valence-electron chi connectivity index (χ4n) is 6.57. The average Bonchev–Trinajstić information content (AvgIpc) is 3.70. The predicted octanol–water partition coefficient (Wildman–Crippen LogP) is 3.47. The number of fused-ring (bicyclic) bond motifs is 3. The fraction of sp³-hybridized carbons (Fsp3) is 0.364. The number of benzene rings is 2. The van der Waals surface area contributed by atoms with Gasteiger partial charge in [-0.2, -0.15) is 0 Å². The molecule has 4 heterocycles. The summed E-state index contributed by atoms with van der Waals surface area (Å²) in [5, 5.41) is 15.2. The van der Waals surface area contributed by atoms with Gasteiger partial charge in [0.25, 0.3) is 5.91 Å². The standard InChI is InChI=1S/C33H36N6O4/c1-37-11-9-22(10-12-37)39-18-21-15-27-28(16-25(21)33(39)42)36-32(35-27)31-26(4-3-5-30(31)41)34-17-23(40)19-38-13-8-20-14-24(43-2)6-7-29(20)38/h3-4,6-8,13-16,22-23,34,40H,5,9-12,17-19H2,1-2H3,(H,35,36)/t23-/m1/s1. The van der Waals surface area contributed by atoms with Crippen LogP contribution in [-0.4, -0.2) is 87.1 Å². The highest BCUT2D eigenvalue weighted by atomic mass is 16.5. The molecule has 1 aliphatic carbocycles. The van der Waals surface area contributed by atoms with Gasteiger partial charge in [0.15, 0.2) is 5.78 Å². The zero-order valence-electron chi connectivity index (χ0n) is 24.5. The highest BCUT2D eigenvalue weighted by Crippen LogP contribution is 2.32. The lowest BCUT2D eigenvalue weighted by molar-refractivity contribution is -0.113. The molecular formula is C33H36N6O4. The SMILES string of the molecule is COc1ccc2c(ccn2C[C@H](O)CNC2=C(c3nc4cc5c(cc4[nH]3)CN(C3CCN(C)CC3)C5=O)C(=O)CC=C2)c1. The van der Waals surface area contributed by atoms with Gasteiger partial charge in [0.1, 0.15) is 11.6 Å². The maximum absolute atomic E-state index is 13.4. The number of piperidine rings is 1. The summed E-state index contributed by atoms with van der Waals surface area (Å²) in [5.41, 5.74) is 5.25. The number of ether oxygens (including phenoxy) is 1. The second-order valence-corrected chi connectivity index (χ2v) is 11.8. The third-order valence-electron chi connectivity index (χ3n) is 8.95. The summed E-state index contributed by atoms with van der Waals surface area (Å²) in [6.07, 6.45) is 7.20. The molecule has 10 heteroatoms. The fourth-order valence-corrected chi connectivity index (χ4v) is 6.57. The van der Waals surface area contributed by atoms with Crippen molar-refractivity contribution in [2.24, 2.45) is 0 Å². The summed E-state index contributed by atoms with van der Waals surface area (Å²) in [6, 6.07) is 12.0. The highest BCUT2D eigenvalue weighted by Gasteiger charge is 2.35. The molecule has 0 unspecified atom stereocenters. The molecule has 3 N–H and O–H groups in total. The number of rotatable bonds is 8. The molecule has 1 saturated heterocycles. The smallest absolute Gasteiger partial charge is 0.254 e. The Kier molecular flexibility index (Phi) is 7.03. The maximum atomic E-state index is 13.4. The summed E-state index contributed by atoms with van der Waals surface area (Å²) in [6.45, 7) is 3.25. The van der Waals surface area contributed by atoms with E-state index < -0.39 is 6.10 Å². The van der Waals surface area contributed by atoms with E-state index in [1.165, 1.54) is 0 Å². The number of imidazole rings is 1. The number of likely N-dealkylation sites (tertiary alicyclic amines) is 1. The Morgan fingerprint density at radius 1 is 1.16 bits per heavy atom. The van der Waals surface area contributed by atoms with Gasteiger partial charge >= 0.3 is 0 Å². The average molecular weight is 581 g/mol. The van der Waals surface area contributed by atoms with Crippen LogP contribution >= 0.6 is 0 Å². The molecule has 0 saturated carbocycles. The Labute approximate surface area is 249 Å². The van der Waals surface area contributed by atoms with Crippen molar-refractivity contribution in [3.63, 3.8) is 0 Å². The Bertz CT molecular complexity index is 1790. The van der Waals surface area contributed by atoms with Gasteiger partial charge in [0, 0.05) is 53.9 Å². The van der Waals surface area contributed by atoms with Crippen LogP contribution in [0.5, 0.6) is 5.75 Å². The minimum absolute atomic E-state index is 0.0547. The van der Waals surface area contributed by atoms with Crippen molar-refractivity contribution in [2.45, 2.75) is 44.5 Å². The predicted molar refractivity (Wildman–Crippen MR) is 165 cm³/mol. The first-order valence-corrected chi connectivity index (χ1v) is 14.9. The molecule has 43 heavy (non-hydrogen) atoms. The second-order valence-electron chi connectivity index (χ2n) is 11.8. The summed E-state index contributed by atoms with van der Waals surface area (Å²) in [5.74, 6) is 1.27. The largest absolute Gasteiger partial charge is 0.497 e. The molecule has 0 radical (unpaired) electrons. The molecular weight excluding hydrogens is 544 g/mol. The van der Waals surface area contributed by atoms with E-state index in [-0.39, 0.29) is 30.7 Å². The topological polar surface area (TPSA) is 116 Å². The molecule has 0 spiro atoms. The van der Waals surface area contributed by atoms with Gasteiger partial charge in [0.05, 0.1) is 36.4 Å². The van der Waals surface area contributed by atoms with Gasteiger partial charge in [-0.15, -0.1) is 0 Å². The van der Waals surface area contributed by atoms with Crippen LogP contribution in [0.4, 0.5) is 0 Å². The van der Waals surface area contributed by atoms with Crippen molar-refractivity contribution < 1.29 is 19.4 Å². The van der Waals surface area contributed by atoms with Crippen LogP contribution in [0.1, 0.15) is 41.0 Å². The lowest BCUT2D eigenvalue weighted by Crippen LogP contribution is -2.43. The number of aliphatic hydroxyl groups is 1. The van der Waals surface area contributed by atoms with E-state index in [0.29, 0.717) is 41.3 Å². The number of aromatic amines is 1. The van der Waals surface area contributed by atoms with Crippen LogP contribution in [0.3, 0.4) is 0 Å². The summed E-state index contributed by atoms with van der Waals surface area (Å²) in [7, 11) is 3.76. The minimum atomic E-state index is -0.700. The van der Waals surface area contributed by atoms with Crippen molar-refractivity contribution in [3.05, 3.63) is 77.4 Å². The van der Waals surface area contributed by atoms with Crippen molar-refractivity contribution >= 4 is 39.2 Å². The molecule has 2 aromatic carbocycles. The number of nitrogens with one attached hydrogen (secondary N) is 2. The molecule has 7 rings (SSSR count). The van der Waals surface area contributed by atoms with Crippen LogP contribution in [0.25, 0.3) is 27.5 Å². The van der Waals surface area contributed by atoms with Crippen LogP contribution in [0, 0.1) is 0 Å². The van der Waals surface area contributed by atoms with Gasteiger partial charge in [-0.05, 0) is 81.0 Å². The normalized spacial score (nSPS) is 18.7. The van der Waals surface area contributed by atoms with Crippen LogP contribution in [0.2, 0.25) is 0 Å². The maximum Gasteiger partial charge on any atom is 0.254 e. The van der Waals surface area contributed by atoms with E-state index in [4.69, 9.17) is 9.72 Å². The molecule has 10 nitrogen and oxygen atoms in total. The van der Waals surface area contributed by atoms with Gasteiger partial charge in [-0.3, -0.25) is 9.59 Å². The number of Topliss-reactive ketones (excluding diaryl/α,β-unsaturated/α-hetero) is 1. The van der Waals surface area contributed by atoms with Crippen molar-refractivity contribution in [3.8, 4) is 5.75 Å². The number of hydrogen-bond donors (Lipinski definition) is 3. The number of H-pyrrole nitrogens is 1. The minimum Gasteiger partial charge on any atom is -0.497 e. The van der Waals surface area contributed by atoms with Gasteiger partial charge in [0.2, 0.25) is 0 Å². The van der Waals surface area contributed by atoms with E-state index >= 15 is 0 Å².